The average Bonchev–Trinajstić information content (AvgIpc) is 2.52. The lowest BCUT2D eigenvalue weighted by Gasteiger charge is -2.16. The molecule has 1 atom stereocenters. The smallest absolute Gasteiger partial charge is 0.158 e. The van der Waals surface area contributed by atoms with Gasteiger partial charge in [0.25, 0.3) is 0 Å². The zero-order chi connectivity index (χ0) is 15.5. The fraction of sp³-hybridized carbons (Fsp3) is 0.733. The molecule has 1 aromatic heterocycles. The number of nitrogens with one attached hydrogen (secondary N) is 2. The first-order valence-corrected chi connectivity index (χ1v) is 7.89. The lowest BCUT2D eigenvalue weighted by Crippen LogP contribution is -2.17. The summed E-state index contributed by atoms with van der Waals surface area (Å²) in [5, 5.41) is 3.39. The van der Waals surface area contributed by atoms with Gasteiger partial charge in [0.05, 0.1) is 0 Å². The van der Waals surface area contributed by atoms with Crippen LogP contribution in [0.1, 0.15) is 52.3 Å². The van der Waals surface area contributed by atoms with Crippen LogP contribution in [-0.4, -0.2) is 23.1 Å². The van der Waals surface area contributed by atoms with Gasteiger partial charge in [0.2, 0.25) is 0 Å². The van der Waals surface area contributed by atoms with Gasteiger partial charge in [-0.1, -0.05) is 33.1 Å². The van der Waals surface area contributed by atoms with Gasteiger partial charge in [0.15, 0.2) is 5.82 Å². The minimum absolute atomic E-state index is 0.397. The SMILES string of the molecule is CCCCC(CC)CNc1cc(NN)nc(COCC)n1. The molecule has 6 heteroatoms. The largest absolute Gasteiger partial charge is 0.374 e. The Morgan fingerprint density at radius 2 is 2.00 bits per heavy atom. The van der Waals surface area contributed by atoms with Crippen LogP contribution in [0.3, 0.4) is 0 Å². The van der Waals surface area contributed by atoms with Crippen molar-refractivity contribution in [1.29, 1.82) is 0 Å². The van der Waals surface area contributed by atoms with Crippen molar-refractivity contribution in [3.8, 4) is 0 Å². The molecule has 120 valence electrons. The zero-order valence-electron chi connectivity index (χ0n) is 13.5. The van der Waals surface area contributed by atoms with Crippen molar-refractivity contribution in [2.75, 3.05) is 23.9 Å². The van der Waals surface area contributed by atoms with Crippen molar-refractivity contribution in [2.45, 2.75) is 53.1 Å². The maximum Gasteiger partial charge on any atom is 0.158 e. The van der Waals surface area contributed by atoms with Gasteiger partial charge in [-0.15, -0.1) is 0 Å². The molecule has 1 unspecified atom stereocenters. The summed E-state index contributed by atoms with van der Waals surface area (Å²) in [7, 11) is 0. The number of nitrogens with two attached hydrogens (primary N) is 1. The Hall–Kier alpha value is -1.40. The Labute approximate surface area is 127 Å². The maximum absolute atomic E-state index is 5.46. The van der Waals surface area contributed by atoms with Crippen molar-refractivity contribution < 1.29 is 4.74 Å². The molecular weight excluding hydrogens is 266 g/mol. The molecule has 0 fully saturated rings. The van der Waals surface area contributed by atoms with E-state index in [-0.39, 0.29) is 0 Å². The molecule has 0 amide bonds. The lowest BCUT2D eigenvalue weighted by atomic mass is 9.99. The summed E-state index contributed by atoms with van der Waals surface area (Å²) in [5.41, 5.74) is 2.57. The van der Waals surface area contributed by atoms with Crippen molar-refractivity contribution >= 4 is 11.6 Å². The van der Waals surface area contributed by atoms with E-state index in [9.17, 15) is 0 Å². The fourth-order valence-electron chi connectivity index (χ4n) is 2.11. The molecule has 0 bridgehead atoms. The molecule has 0 spiro atoms. The first-order chi connectivity index (χ1) is 10.2. The molecule has 4 N–H and O–H groups in total. The molecule has 0 aliphatic rings. The summed E-state index contributed by atoms with van der Waals surface area (Å²) in [6.07, 6.45) is 4.93. The van der Waals surface area contributed by atoms with Crippen LogP contribution in [0.25, 0.3) is 0 Å². The predicted octanol–water partition coefficient (Wildman–Crippen LogP) is 2.93. The summed E-state index contributed by atoms with van der Waals surface area (Å²) in [4.78, 5) is 8.74. The Balaban J connectivity index is 2.63. The van der Waals surface area contributed by atoms with Gasteiger partial charge >= 0.3 is 0 Å². The quantitative estimate of drug-likeness (QED) is 0.430. The zero-order valence-corrected chi connectivity index (χ0v) is 13.5. The first kappa shape index (κ1) is 17.7. The summed E-state index contributed by atoms with van der Waals surface area (Å²) in [6, 6.07) is 1.82. The third kappa shape index (κ3) is 6.73. The molecule has 0 aromatic carbocycles. The number of hydrogen-bond acceptors (Lipinski definition) is 6. The van der Waals surface area contributed by atoms with E-state index < -0.39 is 0 Å². The number of unbranched alkanes of at least 4 members (excludes halogenated alkanes) is 1. The molecule has 1 rings (SSSR count). The van der Waals surface area contributed by atoms with Crippen LogP contribution in [0.15, 0.2) is 6.07 Å². The Morgan fingerprint density at radius 1 is 1.24 bits per heavy atom. The highest BCUT2D eigenvalue weighted by Crippen LogP contribution is 2.16. The van der Waals surface area contributed by atoms with E-state index in [1.165, 1.54) is 25.7 Å². The number of nitrogen functional groups attached to an aromatic ring is 1. The molecule has 0 saturated carbocycles. The van der Waals surface area contributed by atoms with E-state index in [4.69, 9.17) is 10.6 Å². The first-order valence-electron chi connectivity index (χ1n) is 7.89. The van der Waals surface area contributed by atoms with Crippen LogP contribution in [-0.2, 0) is 11.3 Å². The molecule has 1 aromatic rings. The topological polar surface area (TPSA) is 85.1 Å². The van der Waals surface area contributed by atoms with Gasteiger partial charge in [-0.05, 0) is 19.3 Å². The van der Waals surface area contributed by atoms with Crippen LogP contribution in [0.2, 0.25) is 0 Å². The number of ether oxygens (including phenoxy) is 1. The van der Waals surface area contributed by atoms with E-state index in [0.29, 0.717) is 30.8 Å². The average molecular weight is 295 g/mol. The number of nitrogens with zero attached hydrogens (tertiary/aromatic N) is 2. The van der Waals surface area contributed by atoms with Gasteiger partial charge in [-0.3, -0.25) is 0 Å². The van der Waals surface area contributed by atoms with Gasteiger partial charge in [0.1, 0.15) is 18.2 Å². The molecular formula is C15H29N5O. The van der Waals surface area contributed by atoms with Crippen LogP contribution in [0.4, 0.5) is 11.6 Å². The molecule has 0 saturated heterocycles. The predicted molar refractivity (Wildman–Crippen MR) is 87.0 cm³/mol. The van der Waals surface area contributed by atoms with Gasteiger partial charge in [0, 0.05) is 19.2 Å². The highest BCUT2D eigenvalue weighted by atomic mass is 16.5. The van der Waals surface area contributed by atoms with Crippen molar-refractivity contribution in [3.05, 3.63) is 11.9 Å². The molecule has 0 radical (unpaired) electrons. The van der Waals surface area contributed by atoms with Gasteiger partial charge < -0.3 is 15.5 Å². The highest BCUT2D eigenvalue weighted by molar-refractivity contribution is 5.46. The van der Waals surface area contributed by atoms with Crippen molar-refractivity contribution in [1.82, 2.24) is 9.97 Å². The minimum atomic E-state index is 0.397. The number of hydrazine groups is 1. The number of aromatic nitrogens is 2. The van der Waals surface area contributed by atoms with Crippen LogP contribution in [0, 0.1) is 5.92 Å². The second-order valence-corrected chi connectivity index (χ2v) is 5.13. The van der Waals surface area contributed by atoms with E-state index in [2.05, 4.69) is 34.6 Å². The molecule has 1 heterocycles. The molecule has 21 heavy (non-hydrogen) atoms. The van der Waals surface area contributed by atoms with E-state index >= 15 is 0 Å². The van der Waals surface area contributed by atoms with E-state index in [1.54, 1.807) is 0 Å². The van der Waals surface area contributed by atoms with E-state index in [0.717, 1.165) is 12.4 Å². The standard InChI is InChI=1S/C15H29N5O/c1-4-7-8-12(5-2)10-17-13-9-14(20-16)19-15(18-13)11-21-6-3/h9,12H,4-8,10-11,16H2,1-3H3,(H2,17,18,19,20). The van der Waals surface area contributed by atoms with Crippen LogP contribution < -0.4 is 16.6 Å². The highest BCUT2D eigenvalue weighted by Gasteiger charge is 2.08. The third-order valence-electron chi connectivity index (χ3n) is 3.47. The summed E-state index contributed by atoms with van der Waals surface area (Å²) >= 11 is 0. The monoisotopic (exact) mass is 295 g/mol. The summed E-state index contributed by atoms with van der Waals surface area (Å²) in [6.45, 7) is 8.36. The van der Waals surface area contributed by atoms with Crippen LogP contribution >= 0.6 is 0 Å². The van der Waals surface area contributed by atoms with Crippen molar-refractivity contribution in [3.63, 3.8) is 0 Å². The Bertz CT molecular complexity index is 400. The summed E-state index contributed by atoms with van der Waals surface area (Å²) < 4.78 is 5.35. The maximum atomic E-state index is 5.46. The Kier molecular flexibility index (Phi) is 8.69. The Morgan fingerprint density at radius 3 is 2.62 bits per heavy atom. The molecule has 6 nitrogen and oxygen atoms in total. The lowest BCUT2D eigenvalue weighted by molar-refractivity contribution is 0.128. The fourth-order valence-corrected chi connectivity index (χ4v) is 2.11. The third-order valence-corrected chi connectivity index (χ3v) is 3.47. The number of hydrogen-bond donors (Lipinski definition) is 3. The second-order valence-electron chi connectivity index (χ2n) is 5.13. The normalized spacial score (nSPS) is 12.2. The van der Waals surface area contributed by atoms with Crippen LogP contribution in [0.5, 0.6) is 0 Å². The number of anilines is 2. The van der Waals surface area contributed by atoms with Gasteiger partial charge in [-0.25, -0.2) is 15.8 Å². The summed E-state index contributed by atoms with van der Waals surface area (Å²) in [5.74, 6) is 8.16. The minimum Gasteiger partial charge on any atom is -0.374 e. The van der Waals surface area contributed by atoms with E-state index in [1.807, 2.05) is 13.0 Å². The molecule has 0 aliphatic carbocycles. The van der Waals surface area contributed by atoms with Gasteiger partial charge in [-0.2, -0.15) is 0 Å². The second kappa shape index (κ2) is 10.3. The molecule has 0 aliphatic heterocycles. The van der Waals surface area contributed by atoms with Crippen molar-refractivity contribution in [2.24, 2.45) is 11.8 Å². The number of rotatable bonds is 11.